The Kier molecular flexibility index (Phi) is 1.94. The van der Waals surface area contributed by atoms with Crippen LogP contribution in [0.15, 0.2) is 11.6 Å². The van der Waals surface area contributed by atoms with Crippen molar-refractivity contribution in [2.45, 2.75) is 33.6 Å². The highest BCUT2D eigenvalue weighted by Crippen LogP contribution is 2.33. The molecule has 1 aliphatic rings. The van der Waals surface area contributed by atoms with Gasteiger partial charge in [-0.05, 0) is 24.7 Å². The molecule has 0 saturated carbocycles. The predicted octanol–water partition coefficient (Wildman–Crippen LogP) is 3.00. The molecule has 0 heterocycles. The van der Waals surface area contributed by atoms with E-state index in [0.29, 0.717) is 0 Å². The lowest BCUT2D eigenvalue weighted by atomic mass is 9.78. The number of rotatable bonds is 2. The Morgan fingerprint density at radius 3 is 2.56 bits per heavy atom. The first kappa shape index (κ1) is 6.85. The second kappa shape index (κ2) is 2.55. The molecule has 0 spiro atoms. The Balaban J connectivity index is 2.44. The van der Waals surface area contributed by atoms with E-state index in [1.807, 2.05) is 0 Å². The quantitative estimate of drug-likeness (QED) is 0.496. The van der Waals surface area contributed by atoms with Gasteiger partial charge >= 0.3 is 0 Å². The maximum atomic E-state index is 2.39. The lowest BCUT2D eigenvalue weighted by Gasteiger charge is -2.28. The van der Waals surface area contributed by atoms with Gasteiger partial charge in [0.15, 0.2) is 0 Å². The lowest BCUT2D eigenvalue weighted by molar-refractivity contribution is 0.495. The molecule has 0 fully saturated rings. The van der Waals surface area contributed by atoms with E-state index in [2.05, 4.69) is 26.8 Å². The first-order valence-electron chi connectivity index (χ1n) is 3.95. The molecule has 0 radical (unpaired) electrons. The topological polar surface area (TPSA) is 0 Å². The summed E-state index contributed by atoms with van der Waals surface area (Å²) < 4.78 is 0. The summed E-state index contributed by atoms with van der Waals surface area (Å²) in [6.07, 6.45) is 5.01. The zero-order valence-corrected chi connectivity index (χ0v) is 6.65. The third kappa shape index (κ3) is 1.17. The van der Waals surface area contributed by atoms with Gasteiger partial charge in [0, 0.05) is 0 Å². The van der Waals surface area contributed by atoms with Crippen molar-refractivity contribution in [3.8, 4) is 0 Å². The summed E-state index contributed by atoms with van der Waals surface area (Å²) in [5.74, 6) is 1.73. The molecule has 2 unspecified atom stereocenters. The van der Waals surface area contributed by atoms with Crippen LogP contribution in [-0.2, 0) is 0 Å². The van der Waals surface area contributed by atoms with Gasteiger partial charge in [0.2, 0.25) is 0 Å². The summed E-state index contributed by atoms with van der Waals surface area (Å²) in [4.78, 5) is 0. The Morgan fingerprint density at radius 2 is 2.44 bits per heavy atom. The van der Waals surface area contributed by atoms with E-state index in [4.69, 9.17) is 0 Å². The fourth-order valence-corrected chi connectivity index (χ4v) is 1.41. The third-order valence-electron chi connectivity index (χ3n) is 2.46. The van der Waals surface area contributed by atoms with E-state index in [-0.39, 0.29) is 0 Å². The van der Waals surface area contributed by atoms with Gasteiger partial charge in [0.05, 0.1) is 0 Å². The second-order valence-corrected chi connectivity index (χ2v) is 3.15. The first-order chi connectivity index (χ1) is 4.25. The number of hydrogen-bond donors (Lipinski definition) is 0. The van der Waals surface area contributed by atoms with Crippen molar-refractivity contribution < 1.29 is 0 Å². The molecule has 0 bridgehead atoms. The SMILES string of the molecule is CCC(C)C1=CCC1C. The minimum atomic E-state index is 0.841. The molecule has 9 heavy (non-hydrogen) atoms. The van der Waals surface area contributed by atoms with E-state index in [0.717, 1.165) is 11.8 Å². The highest BCUT2D eigenvalue weighted by molar-refractivity contribution is 5.18. The monoisotopic (exact) mass is 124 g/mol. The molecule has 0 aromatic carbocycles. The van der Waals surface area contributed by atoms with Crippen LogP contribution in [0.5, 0.6) is 0 Å². The van der Waals surface area contributed by atoms with Crippen LogP contribution in [0.1, 0.15) is 33.6 Å². The summed E-state index contributed by atoms with van der Waals surface area (Å²) in [5, 5.41) is 0. The van der Waals surface area contributed by atoms with Gasteiger partial charge in [0.1, 0.15) is 0 Å². The first-order valence-corrected chi connectivity index (χ1v) is 3.95. The van der Waals surface area contributed by atoms with Crippen LogP contribution in [-0.4, -0.2) is 0 Å². The normalized spacial score (nSPS) is 28.8. The van der Waals surface area contributed by atoms with E-state index in [9.17, 15) is 0 Å². The van der Waals surface area contributed by atoms with Crippen molar-refractivity contribution >= 4 is 0 Å². The average Bonchev–Trinajstić information content (AvgIpc) is 1.84. The third-order valence-corrected chi connectivity index (χ3v) is 2.46. The van der Waals surface area contributed by atoms with Gasteiger partial charge in [-0.3, -0.25) is 0 Å². The van der Waals surface area contributed by atoms with Crippen molar-refractivity contribution in [2.75, 3.05) is 0 Å². The van der Waals surface area contributed by atoms with Crippen LogP contribution in [0.3, 0.4) is 0 Å². The summed E-state index contributed by atoms with van der Waals surface area (Å²) in [6, 6.07) is 0. The van der Waals surface area contributed by atoms with Gasteiger partial charge in [-0.2, -0.15) is 0 Å². The van der Waals surface area contributed by atoms with Crippen molar-refractivity contribution in [3.05, 3.63) is 11.6 Å². The highest BCUT2D eigenvalue weighted by atomic mass is 14.2. The van der Waals surface area contributed by atoms with Gasteiger partial charge in [-0.15, -0.1) is 0 Å². The fourth-order valence-electron chi connectivity index (χ4n) is 1.41. The van der Waals surface area contributed by atoms with Crippen LogP contribution < -0.4 is 0 Å². The molecule has 0 aromatic rings. The van der Waals surface area contributed by atoms with Gasteiger partial charge in [0.25, 0.3) is 0 Å². The second-order valence-electron chi connectivity index (χ2n) is 3.15. The minimum absolute atomic E-state index is 0.841. The van der Waals surface area contributed by atoms with Crippen molar-refractivity contribution in [1.82, 2.24) is 0 Å². The molecule has 0 N–H and O–H groups in total. The molecule has 0 aliphatic heterocycles. The van der Waals surface area contributed by atoms with Crippen LogP contribution in [0.2, 0.25) is 0 Å². The molecule has 52 valence electrons. The smallest absolute Gasteiger partial charge is 0.0194 e. The molecular weight excluding hydrogens is 108 g/mol. The van der Waals surface area contributed by atoms with E-state index >= 15 is 0 Å². The summed E-state index contributed by atoms with van der Waals surface area (Å²) in [5.41, 5.74) is 1.69. The van der Waals surface area contributed by atoms with Crippen LogP contribution in [0, 0.1) is 11.8 Å². The Bertz CT molecular complexity index is 122. The molecule has 0 heteroatoms. The van der Waals surface area contributed by atoms with Crippen molar-refractivity contribution in [3.63, 3.8) is 0 Å². The maximum Gasteiger partial charge on any atom is -0.0194 e. The molecule has 1 rings (SSSR count). The molecule has 0 saturated heterocycles. The summed E-state index contributed by atoms with van der Waals surface area (Å²) in [7, 11) is 0. The van der Waals surface area contributed by atoms with Crippen LogP contribution >= 0.6 is 0 Å². The lowest BCUT2D eigenvalue weighted by Crippen LogP contribution is -2.14. The van der Waals surface area contributed by atoms with Gasteiger partial charge in [-0.25, -0.2) is 0 Å². The molecule has 1 aliphatic carbocycles. The molecule has 2 atom stereocenters. The Hall–Kier alpha value is -0.260. The Labute approximate surface area is 58.0 Å². The molecule has 0 aromatic heterocycles. The van der Waals surface area contributed by atoms with E-state index in [1.54, 1.807) is 5.57 Å². The molecular formula is C9H16. The zero-order chi connectivity index (χ0) is 6.85. The number of hydrogen-bond acceptors (Lipinski definition) is 0. The fraction of sp³-hybridized carbons (Fsp3) is 0.778. The maximum absolute atomic E-state index is 2.39. The highest BCUT2D eigenvalue weighted by Gasteiger charge is 2.19. The van der Waals surface area contributed by atoms with Gasteiger partial charge in [-0.1, -0.05) is 32.4 Å². The molecule has 0 amide bonds. The average molecular weight is 124 g/mol. The largest absolute Gasteiger partial charge is 0.0842 e. The summed E-state index contributed by atoms with van der Waals surface area (Å²) >= 11 is 0. The predicted molar refractivity (Wildman–Crippen MR) is 41.3 cm³/mol. The van der Waals surface area contributed by atoms with Crippen molar-refractivity contribution in [1.29, 1.82) is 0 Å². The van der Waals surface area contributed by atoms with Crippen LogP contribution in [0.25, 0.3) is 0 Å². The minimum Gasteiger partial charge on any atom is -0.0842 e. The van der Waals surface area contributed by atoms with E-state index in [1.165, 1.54) is 12.8 Å². The Morgan fingerprint density at radius 1 is 1.78 bits per heavy atom. The van der Waals surface area contributed by atoms with Gasteiger partial charge < -0.3 is 0 Å². The summed E-state index contributed by atoms with van der Waals surface area (Å²) in [6.45, 7) is 6.90. The van der Waals surface area contributed by atoms with Crippen molar-refractivity contribution in [2.24, 2.45) is 11.8 Å². The van der Waals surface area contributed by atoms with E-state index < -0.39 is 0 Å². The standard InChI is InChI=1S/C9H16/c1-4-7(2)9-6-5-8(9)3/h6-8H,4-5H2,1-3H3. The van der Waals surface area contributed by atoms with Crippen LogP contribution in [0.4, 0.5) is 0 Å². The zero-order valence-electron chi connectivity index (χ0n) is 6.65. The molecule has 0 nitrogen and oxygen atoms in total. The number of allylic oxidation sites excluding steroid dienone is 2.